The van der Waals surface area contributed by atoms with Crippen LogP contribution in [0.15, 0.2) is 112 Å². The summed E-state index contributed by atoms with van der Waals surface area (Å²) in [4.78, 5) is 0. The van der Waals surface area contributed by atoms with E-state index >= 15 is 0 Å². The number of hydrogen-bond acceptors (Lipinski definition) is 0. The summed E-state index contributed by atoms with van der Waals surface area (Å²) in [6.07, 6.45) is 8.04. The molecule has 3 aromatic rings. The Hall–Kier alpha value is -1.66. The zero-order chi connectivity index (χ0) is 18.2. The van der Waals surface area contributed by atoms with Gasteiger partial charge in [0.25, 0.3) is 0 Å². The molecule has 5 rings (SSSR count). The van der Waals surface area contributed by atoms with Crippen LogP contribution in [-0.2, 0) is 31.1 Å². The van der Waals surface area contributed by atoms with Gasteiger partial charge in [-0.3, -0.25) is 0 Å². The summed E-state index contributed by atoms with van der Waals surface area (Å²) in [7, 11) is 0. The Kier molecular flexibility index (Phi) is 7.17. The molecular formula is C26H19Cl2Zr. The Morgan fingerprint density at radius 1 is 0.690 bits per heavy atom. The number of rotatable bonds is 3. The summed E-state index contributed by atoms with van der Waals surface area (Å²) in [5, 5.41) is 0. The van der Waals surface area contributed by atoms with E-state index in [1.54, 1.807) is 0 Å². The van der Waals surface area contributed by atoms with Crippen molar-refractivity contribution < 1.29 is 49.5 Å². The van der Waals surface area contributed by atoms with E-state index in [9.17, 15) is 0 Å². The molecule has 0 saturated carbocycles. The molecule has 29 heavy (non-hydrogen) atoms. The fourth-order valence-corrected chi connectivity index (χ4v) is 5.27. The van der Waals surface area contributed by atoms with Gasteiger partial charge in [-0.25, -0.2) is 0 Å². The van der Waals surface area contributed by atoms with Crippen LogP contribution < -0.4 is 24.8 Å². The van der Waals surface area contributed by atoms with E-state index in [0.717, 1.165) is 6.42 Å². The standard InChI is InChI=1S/C26H19.2ClH.Zr/c1-2-8-19(9-3-1)14-15-20-16-17-21(18-20)26-24-12-6-4-10-22(24)23-11-5-7-13-25(23)26;;;/h1-13,15-17,26H,14H2;2*1H;/q;;;+2/p-2. The Balaban J connectivity index is 0.00000120. The van der Waals surface area contributed by atoms with Gasteiger partial charge in [0.2, 0.25) is 0 Å². The molecule has 0 bridgehead atoms. The first-order valence-electron chi connectivity index (χ1n) is 9.39. The summed E-state index contributed by atoms with van der Waals surface area (Å²) in [6.45, 7) is 0. The SMILES string of the molecule is [Cl-].[Cl-].[Zr+2][C]1=C(C2c3ccccc3-c3ccccc32)C=CC1=CCc1ccccc1. The fourth-order valence-electron chi connectivity index (χ4n) is 4.26. The maximum absolute atomic E-state index is 2.38. The van der Waals surface area contributed by atoms with Crippen LogP contribution in [-0.4, -0.2) is 0 Å². The molecule has 2 aliphatic rings. The minimum absolute atomic E-state index is 0. The van der Waals surface area contributed by atoms with E-state index < -0.39 is 0 Å². The first kappa shape index (κ1) is 22.0. The molecule has 0 radical (unpaired) electrons. The molecule has 3 aromatic carbocycles. The zero-order valence-corrected chi connectivity index (χ0v) is 19.7. The number of hydrogen-bond donors (Lipinski definition) is 0. The van der Waals surface area contributed by atoms with E-state index in [4.69, 9.17) is 0 Å². The normalized spacial score (nSPS) is 15.7. The first-order valence-corrected chi connectivity index (χ1v) is 10.6. The Morgan fingerprint density at radius 2 is 1.24 bits per heavy atom. The molecule has 0 nitrogen and oxygen atoms in total. The first-order chi connectivity index (χ1) is 13.3. The molecule has 2 aliphatic carbocycles. The Morgan fingerprint density at radius 3 is 1.86 bits per heavy atom. The molecule has 3 heteroatoms. The van der Waals surface area contributed by atoms with Crippen LogP contribution in [0.4, 0.5) is 0 Å². The average Bonchev–Trinajstić information content (AvgIpc) is 3.25. The average molecular weight is 494 g/mol. The third-order valence-electron chi connectivity index (χ3n) is 5.57. The van der Waals surface area contributed by atoms with Gasteiger partial charge in [-0.1, -0.05) is 0 Å². The van der Waals surface area contributed by atoms with Gasteiger partial charge >= 0.3 is 176 Å². The van der Waals surface area contributed by atoms with Crippen molar-refractivity contribution in [3.63, 3.8) is 0 Å². The summed E-state index contributed by atoms with van der Waals surface area (Å²) >= 11 is 1.49. The molecule has 0 atom stereocenters. The minimum atomic E-state index is 0. The number of allylic oxidation sites excluding steroid dienone is 6. The van der Waals surface area contributed by atoms with E-state index in [2.05, 4.69) is 97.1 Å². The van der Waals surface area contributed by atoms with Crippen molar-refractivity contribution in [2.75, 3.05) is 0 Å². The monoisotopic (exact) mass is 491 g/mol. The van der Waals surface area contributed by atoms with Gasteiger partial charge in [0, 0.05) is 0 Å². The van der Waals surface area contributed by atoms with E-state index in [1.807, 2.05) is 0 Å². The molecule has 0 aliphatic heterocycles. The third-order valence-corrected chi connectivity index (χ3v) is 6.98. The zero-order valence-electron chi connectivity index (χ0n) is 15.8. The number of halogens is 2. The summed E-state index contributed by atoms with van der Waals surface area (Å²) in [5.41, 5.74) is 9.92. The Bertz CT molecular complexity index is 1060. The van der Waals surface area contributed by atoms with Crippen LogP contribution in [0.3, 0.4) is 0 Å². The predicted molar refractivity (Wildman–Crippen MR) is 108 cm³/mol. The molecule has 0 unspecified atom stereocenters. The molecular weight excluding hydrogens is 474 g/mol. The van der Waals surface area contributed by atoms with Crippen LogP contribution in [0.1, 0.15) is 22.6 Å². The topological polar surface area (TPSA) is 0 Å². The molecule has 0 amide bonds. The van der Waals surface area contributed by atoms with Gasteiger partial charge in [-0.2, -0.15) is 0 Å². The van der Waals surface area contributed by atoms with E-state index in [0.29, 0.717) is 5.92 Å². The summed E-state index contributed by atoms with van der Waals surface area (Å²) < 4.78 is 1.50. The number of fused-ring (bicyclic) bond motifs is 3. The van der Waals surface area contributed by atoms with Crippen LogP contribution in [0.2, 0.25) is 0 Å². The molecule has 141 valence electrons. The van der Waals surface area contributed by atoms with Crippen molar-refractivity contribution in [1.82, 2.24) is 0 Å². The van der Waals surface area contributed by atoms with E-state index in [-0.39, 0.29) is 24.8 Å². The van der Waals surface area contributed by atoms with Gasteiger partial charge in [0.1, 0.15) is 0 Å². The fraction of sp³-hybridized carbons (Fsp3) is 0.0769. The van der Waals surface area contributed by atoms with Crippen LogP contribution in [0.5, 0.6) is 0 Å². The third kappa shape index (κ3) is 4.02. The second-order valence-corrected chi connectivity index (χ2v) is 8.35. The molecule has 0 fully saturated rings. The van der Waals surface area contributed by atoms with Crippen molar-refractivity contribution in [2.24, 2.45) is 0 Å². The molecule has 0 heterocycles. The second-order valence-electron chi connectivity index (χ2n) is 7.12. The van der Waals surface area contributed by atoms with Gasteiger partial charge in [-0.15, -0.1) is 0 Å². The van der Waals surface area contributed by atoms with Gasteiger partial charge in [-0.05, 0) is 0 Å². The second kappa shape index (κ2) is 9.44. The Labute approximate surface area is 200 Å². The summed E-state index contributed by atoms with van der Waals surface area (Å²) in [5.74, 6) is 0.366. The molecule has 0 saturated heterocycles. The van der Waals surface area contributed by atoms with Crippen LogP contribution in [0.25, 0.3) is 11.1 Å². The van der Waals surface area contributed by atoms with Crippen LogP contribution >= 0.6 is 0 Å². The van der Waals surface area contributed by atoms with Crippen molar-refractivity contribution in [1.29, 1.82) is 0 Å². The maximum atomic E-state index is 2.38. The quantitative estimate of drug-likeness (QED) is 0.494. The van der Waals surface area contributed by atoms with Gasteiger partial charge in [0.05, 0.1) is 0 Å². The van der Waals surface area contributed by atoms with Gasteiger partial charge < -0.3 is 24.8 Å². The number of benzene rings is 3. The van der Waals surface area contributed by atoms with Crippen molar-refractivity contribution >= 4 is 0 Å². The van der Waals surface area contributed by atoms with Crippen LogP contribution in [0, 0.1) is 0 Å². The van der Waals surface area contributed by atoms with E-state index in [1.165, 1.54) is 67.0 Å². The van der Waals surface area contributed by atoms with Crippen molar-refractivity contribution in [2.45, 2.75) is 12.3 Å². The van der Waals surface area contributed by atoms with Crippen molar-refractivity contribution in [3.8, 4) is 11.1 Å². The van der Waals surface area contributed by atoms with Gasteiger partial charge in [0.15, 0.2) is 0 Å². The van der Waals surface area contributed by atoms with Crippen molar-refractivity contribution in [3.05, 3.63) is 128 Å². The summed E-state index contributed by atoms with van der Waals surface area (Å²) in [6, 6.07) is 28.5. The molecule has 0 aromatic heterocycles. The predicted octanol–water partition coefficient (Wildman–Crippen LogP) is 0.347. The molecule has 0 N–H and O–H groups in total. The molecule has 0 spiro atoms.